The second-order valence-electron chi connectivity index (χ2n) is 8.85. The van der Waals surface area contributed by atoms with Gasteiger partial charge >= 0.3 is 0 Å². The van der Waals surface area contributed by atoms with E-state index in [1.807, 2.05) is 105 Å². The molecule has 0 aliphatic carbocycles. The highest BCUT2D eigenvalue weighted by molar-refractivity contribution is 7.80. The molecule has 3 aromatic carbocycles. The maximum Gasteiger partial charge on any atom is 0.241 e. The molecular formula is C28H33N3O2S. The minimum absolute atomic E-state index is 0.0592. The van der Waals surface area contributed by atoms with Crippen LogP contribution in [0.3, 0.4) is 0 Å². The number of hydrogen-bond donors (Lipinski definition) is 3. The van der Waals surface area contributed by atoms with E-state index in [4.69, 9.17) is 11.5 Å². The van der Waals surface area contributed by atoms with Crippen LogP contribution in [0.4, 0.5) is 0 Å². The Labute approximate surface area is 207 Å². The molecule has 2 amide bonds. The zero-order valence-electron chi connectivity index (χ0n) is 19.7. The van der Waals surface area contributed by atoms with Crippen molar-refractivity contribution >= 4 is 24.4 Å². The molecule has 3 rings (SSSR count). The van der Waals surface area contributed by atoms with Crippen molar-refractivity contribution in [1.82, 2.24) is 4.90 Å². The Morgan fingerprint density at radius 1 is 0.824 bits per heavy atom. The largest absolute Gasteiger partial charge is 0.368 e. The maximum atomic E-state index is 14.2. The van der Waals surface area contributed by atoms with Crippen LogP contribution in [0, 0.1) is 5.92 Å². The van der Waals surface area contributed by atoms with Crippen LogP contribution in [0.5, 0.6) is 0 Å². The summed E-state index contributed by atoms with van der Waals surface area (Å²) >= 11 is 4.46. The van der Waals surface area contributed by atoms with Crippen LogP contribution in [0.1, 0.15) is 37.0 Å². The van der Waals surface area contributed by atoms with E-state index >= 15 is 0 Å². The summed E-state index contributed by atoms with van der Waals surface area (Å²) in [5.41, 5.74) is 13.7. The zero-order chi connectivity index (χ0) is 24.7. The van der Waals surface area contributed by atoms with Gasteiger partial charge in [-0.2, -0.15) is 12.6 Å². The van der Waals surface area contributed by atoms with E-state index in [0.29, 0.717) is 6.42 Å². The standard InChI is InChI=1S/C28H33N3O2S/c1-20(2)18-24(29)27(33)31(25(19-34)26(30)32)28(21-12-6-3-7-13-21,22-14-8-4-9-15-22)23-16-10-5-11-17-23/h3-17,20,24-25,34H,18-19,29H2,1-2H3,(H2,30,32)/t24-,25-/m0/s1. The predicted octanol–water partition coefficient (Wildman–Crippen LogP) is 3.96. The highest BCUT2D eigenvalue weighted by Gasteiger charge is 2.49. The number of rotatable bonds is 10. The molecule has 0 aliphatic heterocycles. The topological polar surface area (TPSA) is 89.4 Å². The third-order valence-corrected chi connectivity index (χ3v) is 6.37. The van der Waals surface area contributed by atoms with E-state index in [2.05, 4.69) is 12.6 Å². The Hall–Kier alpha value is -3.09. The van der Waals surface area contributed by atoms with Gasteiger partial charge in [0, 0.05) is 5.75 Å². The quantitative estimate of drug-likeness (QED) is 0.306. The van der Waals surface area contributed by atoms with Gasteiger partial charge in [-0.25, -0.2) is 0 Å². The average molecular weight is 476 g/mol. The fraction of sp³-hybridized carbons (Fsp3) is 0.286. The van der Waals surface area contributed by atoms with E-state index in [9.17, 15) is 9.59 Å². The molecule has 0 heterocycles. The van der Waals surface area contributed by atoms with E-state index in [-0.39, 0.29) is 17.6 Å². The summed E-state index contributed by atoms with van der Waals surface area (Å²) in [5, 5.41) is 0. The molecule has 0 saturated heterocycles. The number of amides is 2. The Morgan fingerprint density at radius 3 is 1.50 bits per heavy atom. The summed E-state index contributed by atoms with van der Waals surface area (Å²) in [7, 11) is 0. The summed E-state index contributed by atoms with van der Waals surface area (Å²) in [6, 6.07) is 27.3. The number of primary amides is 1. The highest BCUT2D eigenvalue weighted by Crippen LogP contribution is 2.44. The summed E-state index contributed by atoms with van der Waals surface area (Å²) in [6.07, 6.45) is 0.474. The van der Waals surface area contributed by atoms with Gasteiger partial charge in [0.15, 0.2) is 0 Å². The van der Waals surface area contributed by atoms with Crippen LogP contribution in [0.15, 0.2) is 91.0 Å². The number of carbonyl (C=O) groups excluding carboxylic acids is 2. The number of nitrogens with two attached hydrogens (primary N) is 2. The molecular weight excluding hydrogens is 442 g/mol. The highest BCUT2D eigenvalue weighted by atomic mass is 32.1. The molecule has 0 spiro atoms. The molecule has 0 fully saturated rings. The maximum absolute atomic E-state index is 14.2. The molecule has 5 nitrogen and oxygen atoms in total. The van der Waals surface area contributed by atoms with Crippen molar-refractivity contribution in [2.45, 2.75) is 37.9 Å². The number of hydrogen-bond acceptors (Lipinski definition) is 4. The lowest BCUT2D eigenvalue weighted by atomic mass is 9.74. The van der Waals surface area contributed by atoms with Crippen molar-refractivity contribution < 1.29 is 9.59 Å². The van der Waals surface area contributed by atoms with E-state index < -0.39 is 23.5 Å². The van der Waals surface area contributed by atoms with Gasteiger partial charge in [0.05, 0.1) is 6.04 Å². The zero-order valence-corrected chi connectivity index (χ0v) is 20.6. The lowest BCUT2D eigenvalue weighted by molar-refractivity contribution is -0.144. The van der Waals surface area contributed by atoms with Crippen molar-refractivity contribution in [3.05, 3.63) is 108 Å². The lowest BCUT2D eigenvalue weighted by Gasteiger charge is -2.49. The third kappa shape index (κ3) is 5.03. The van der Waals surface area contributed by atoms with Crippen LogP contribution in [-0.4, -0.2) is 34.6 Å². The van der Waals surface area contributed by atoms with Crippen LogP contribution >= 0.6 is 12.6 Å². The number of benzene rings is 3. The number of nitrogens with zero attached hydrogens (tertiary/aromatic N) is 1. The Morgan fingerprint density at radius 2 is 1.21 bits per heavy atom. The van der Waals surface area contributed by atoms with Gasteiger partial charge < -0.3 is 16.4 Å². The van der Waals surface area contributed by atoms with E-state index in [0.717, 1.165) is 16.7 Å². The monoisotopic (exact) mass is 475 g/mol. The summed E-state index contributed by atoms with van der Waals surface area (Å²) in [6.45, 7) is 4.03. The van der Waals surface area contributed by atoms with Gasteiger partial charge in [-0.05, 0) is 29.0 Å². The first-order valence-electron chi connectivity index (χ1n) is 11.5. The molecule has 0 aliphatic rings. The first-order chi connectivity index (χ1) is 16.3. The number of carbonyl (C=O) groups is 2. The second kappa shape index (κ2) is 11.4. The van der Waals surface area contributed by atoms with Crippen LogP contribution in [-0.2, 0) is 15.1 Å². The smallest absolute Gasteiger partial charge is 0.241 e. The molecule has 6 heteroatoms. The molecule has 0 bridgehead atoms. The molecule has 0 saturated carbocycles. The molecule has 2 atom stereocenters. The first-order valence-corrected chi connectivity index (χ1v) is 12.1. The van der Waals surface area contributed by atoms with Crippen molar-refractivity contribution in [1.29, 1.82) is 0 Å². The van der Waals surface area contributed by atoms with Gasteiger partial charge in [-0.15, -0.1) is 0 Å². The van der Waals surface area contributed by atoms with Gasteiger partial charge in [-0.3, -0.25) is 9.59 Å². The molecule has 0 unspecified atom stereocenters. The number of thiol groups is 1. The fourth-order valence-electron chi connectivity index (χ4n) is 4.59. The summed E-state index contributed by atoms with van der Waals surface area (Å²) in [5.74, 6) is -0.720. The Kier molecular flexibility index (Phi) is 8.53. The average Bonchev–Trinajstić information content (AvgIpc) is 2.85. The van der Waals surface area contributed by atoms with Crippen LogP contribution < -0.4 is 11.5 Å². The van der Waals surface area contributed by atoms with E-state index in [1.54, 1.807) is 4.90 Å². The van der Waals surface area contributed by atoms with Gasteiger partial charge in [0.1, 0.15) is 11.6 Å². The SMILES string of the molecule is CC(C)C[C@H](N)C(=O)N([C@@H](CS)C(N)=O)C(c1ccccc1)(c1ccccc1)c1ccccc1. The van der Waals surface area contributed by atoms with Crippen molar-refractivity contribution in [2.75, 3.05) is 5.75 Å². The molecule has 0 radical (unpaired) electrons. The molecule has 0 aromatic heterocycles. The normalized spacial score (nSPS) is 13.3. The lowest BCUT2D eigenvalue weighted by Crippen LogP contribution is -2.63. The molecule has 4 N–H and O–H groups in total. The minimum Gasteiger partial charge on any atom is -0.368 e. The predicted molar refractivity (Wildman–Crippen MR) is 140 cm³/mol. The molecule has 3 aromatic rings. The Bertz CT molecular complexity index is 978. The van der Waals surface area contributed by atoms with Gasteiger partial charge in [0.2, 0.25) is 11.8 Å². The minimum atomic E-state index is -1.15. The van der Waals surface area contributed by atoms with Crippen LogP contribution in [0.25, 0.3) is 0 Å². The second-order valence-corrected chi connectivity index (χ2v) is 9.22. The van der Waals surface area contributed by atoms with Crippen molar-refractivity contribution in [2.24, 2.45) is 17.4 Å². The summed E-state index contributed by atoms with van der Waals surface area (Å²) < 4.78 is 0. The van der Waals surface area contributed by atoms with Gasteiger partial charge in [-0.1, -0.05) is 105 Å². The van der Waals surface area contributed by atoms with E-state index in [1.165, 1.54) is 0 Å². The van der Waals surface area contributed by atoms with Crippen molar-refractivity contribution in [3.63, 3.8) is 0 Å². The fourth-order valence-corrected chi connectivity index (χ4v) is 4.94. The molecule has 178 valence electrons. The van der Waals surface area contributed by atoms with Gasteiger partial charge in [0.25, 0.3) is 0 Å². The van der Waals surface area contributed by atoms with Crippen LogP contribution in [0.2, 0.25) is 0 Å². The van der Waals surface area contributed by atoms with Crippen molar-refractivity contribution in [3.8, 4) is 0 Å². The first kappa shape index (κ1) is 25.5. The third-order valence-electron chi connectivity index (χ3n) is 6.03. The Balaban J connectivity index is 2.46. The molecule has 34 heavy (non-hydrogen) atoms. The summed E-state index contributed by atoms with van der Waals surface area (Å²) in [4.78, 5) is 28.6.